The maximum absolute atomic E-state index is 5.67. The normalized spacial score (nSPS) is 14.4. The zero-order chi connectivity index (χ0) is 15.0. The van der Waals surface area contributed by atoms with E-state index in [0.29, 0.717) is 12.5 Å². The average molecular weight is 293 g/mol. The molecule has 0 amide bonds. The van der Waals surface area contributed by atoms with E-state index >= 15 is 0 Å². The summed E-state index contributed by atoms with van der Waals surface area (Å²) in [5.74, 6) is 6.72. The van der Waals surface area contributed by atoms with Crippen LogP contribution in [0.2, 0.25) is 0 Å². The SMILES string of the molecule is C(#Cc1ccccn1)c1ccc(OCCN2CCCC2)nc1. The van der Waals surface area contributed by atoms with Crippen molar-refractivity contribution in [3.63, 3.8) is 0 Å². The number of pyridine rings is 2. The number of likely N-dealkylation sites (tertiary alicyclic amines) is 1. The van der Waals surface area contributed by atoms with Crippen molar-refractivity contribution < 1.29 is 4.74 Å². The molecule has 0 saturated carbocycles. The van der Waals surface area contributed by atoms with Crippen LogP contribution in [0.1, 0.15) is 24.1 Å². The summed E-state index contributed by atoms with van der Waals surface area (Å²) in [4.78, 5) is 10.9. The average Bonchev–Trinajstić information content (AvgIpc) is 3.08. The van der Waals surface area contributed by atoms with Crippen LogP contribution >= 0.6 is 0 Å². The van der Waals surface area contributed by atoms with E-state index in [1.165, 1.54) is 25.9 Å². The monoisotopic (exact) mass is 293 g/mol. The molecule has 0 N–H and O–H groups in total. The second-order valence-electron chi connectivity index (χ2n) is 5.25. The molecule has 0 atom stereocenters. The summed E-state index contributed by atoms with van der Waals surface area (Å²) in [6, 6.07) is 9.48. The third-order valence-corrected chi connectivity index (χ3v) is 3.59. The summed E-state index contributed by atoms with van der Waals surface area (Å²) >= 11 is 0. The van der Waals surface area contributed by atoms with Gasteiger partial charge >= 0.3 is 0 Å². The fourth-order valence-corrected chi connectivity index (χ4v) is 2.40. The number of nitrogens with zero attached hydrogens (tertiary/aromatic N) is 3. The van der Waals surface area contributed by atoms with Crippen molar-refractivity contribution in [2.45, 2.75) is 12.8 Å². The van der Waals surface area contributed by atoms with Crippen LogP contribution in [0.5, 0.6) is 5.88 Å². The molecular formula is C18H19N3O. The summed E-state index contributed by atoms with van der Waals surface area (Å²) in [5, 5.41) is 0. The van der Waals surface area contributed by atoms with Crippen LogP contribution in [0.4, 0.5) is 0 Å². The fraction of sp³-hybridized carbons (Fsp3) is 0.333. The van der Waals surface area contributed by atoms with Crippen LogP contribution in [0.25, 0.3) is 0 Å². The number of ether oxygens (including phenoxy) is 1. The van der Waals surface area contributed by atoms with Crippen molar-refractivity contribution in [3.05, 3.63) is 54.0 Å². The molecule has 2 aromatic rings. The van der Waals surface area contributed by atoms with Gasteiger partial charge in [-0.1, -0.05) is 12.0 Å². The molecule has 0 aromatic carbocycles. The quantitative estimate of drug-likeness (QED) is 0.811. The smallest absolute Gasteiger partial charge is 0.213 e. The molecule has 3 heterocycles. The second-order valence-corrected chi connectivity index (χ2v) is 5.25. The molecule has 2 aromatic heterocycles. The molecule has 0 aliphatic carbocycles. The first-order valence-corrected chi connectivity index (χ1v) is 7.64. The van der Waals surface area contributed by atoms with Crippen molar-refractivity contribution in [1.29, 1.82) is 0 Å². The third kappa shape index (κ3) is 4.31. The summed E-state index contributed by atoms with van der Waals surface area (Å²) in [6.45, 7) is 4.05. The molecule has 1 fully saturated rings. The van der Waals surface area contributed by atoms with Crippen molar-refractivity contribution in [3.8, 4) is 17.7 Å². The van der Waals surface area contributed by atoms with Gasteiger partial charge in [0.2, 0.25) is 5.88 Å². The lowest BCUT2D eigenvalue weighted by molar-refractivity contribution is 0.232. The van der Waals surface area contributed by atoms with Gasteiger partial charge in [-0.25, -0.2) is 9.97 Å². The number of rotatable bonds is 4. The highest BCUT2D eigenvalue weighted by Gasteiger charge is 2.10. The van der Waals surface area contributed by atoms with E-state index in [2.05, 4.69) is 26.7 Å². The van der Waals surface area contributed by atoms with E-state index < -0.39 is 0 Å². The molecule has 0 bridgehead atoms. The first-order chi connectivity index (χ1) is 10.9. The summed E-state index contributed by atoms with van der Waals surface area (Å²) in [5.41, 5.74) is 1.62. The highest BCUT2D eigenvalue weighted by Crippen LogP contribution is 2.09. The molecular weight excluding hydrogens is 274 g/mol. The minimum Gasteiger partial charge on any atom is -0.476 e. The number of aromatic nitrogens is 2. The van der Waals surface area contributed by atoms with Gasteiger partial charge in [0.25, 0.3) is 0 Å². The van der Waals surface area contributed by atoms with Gasteiger partial charge < -0.3 is 4.74 Å². The number of hydrogen-bond donors (Lipinski definition) is 0. The molecule has 4 heteroatoms. The minimum absolute atomic E-state index is 0.655. The van der Waals surface area contributed by atoms with Crippen molar-refractivity contribution in [1.82, 2.24) is 14.9 Å². The molecule has 0 unspecified atom stereocenters. The van der Waals surface area contributed by atoms with E-state index in [1.54, 1.807) is 12.4 Å². The van der Waals surface area contributed by atoms with Crippen LogP contribution in [0.15, 0.2) is 42.7 Å². The van der Waals surface area contributed by atoms with Gasteiger partial charge in [-0.05, 0) is 50.1 Å². The lowest BCUT2D eigenvalue weighted by atomic mass is 10.2. The molecule has 1 saturated heterocycles. The molecule has 4 nitrogen and oxygen atoms in total. The Morgan fingerprint density at radius 3 is 2.68 bits per heavy atom. The predicted octanol–water partition coefficient (Wildman–Crippen LogP) is 2.35. The van der Waals surface area contributed by atoms with E-state index in [4.69, 9.17) is 4.74 Å². The van der Waals surface area contributed by atoms with E-state index in [1.807, 2.05) is 30.3 Å². The molecule has 1 aliphatic heterocycles. The molecule has 0 radical (unpaired) electrons. The molecule has 0 spiro atoms. The summed E-state index contributed by atoms with van der Waals surface area (Å²) in [7, 11) is 0. The zero-order valence-electron chi connectivity index (χ0n) is 12.5. The standard InChI is InChI=1S/C18H19N3O/c1-2-10-19-17(5-1)8-6-16-7-9-18(20-15-16)22-14-13-21-11-3-4-12-21/h1-2,5,7,9-10,15H,3-4,11-14H2. The van der Waals surface area contributed by atoms with Gasteiger partial charge in [0.05, 0.1) is 0 Å². The predicted molar refractivity (Wildman–Crippen MR) is 85.6 cm³/mol. The van der Waals surface area contributed by atoms with E-state index in [-0.39, 0.29) is 0 Å². The Morgan fingerprint density at radius 2 is 1.95 bits per heavy atom. The maximum Gasteiger partial charge on any atom is 0.213 e. The second kappa shape index (κ2) is 7.58. The van der Waals surface area contributed by atoms with Crippen LogP contribution in [-0.2, 0) is 0 Å². The summed E-state index contributed by atoms with van der Waals surface area (Å²) in [6.07, 6.45) is 6.09. The Labute approximate surface area is 131 Å². The topological polar surface area (TPSA) is 38.2 Å². The van der Waals surface area contributed by atoms with Crippen LogP contribution in [-0.4, -0.2) is 41.1 Å². The van der Waals surface area contributed by atoms with Crippen molar-refractivity contribution in [2.24, 2.45) is 0 Å². The van der Waals surface area contributed by atoms with E-state index in [0.717, 1.165) is 17.8 Å². The molecule has 1 aliphatic rings. The lowest BCUT2D eigenvalue weighted by Gasteiger charge is -2.14. The van der Waals surface area contributed by atoms with Crippen molar-refractivity contribution in [2.75, 3.05) is 26.2 Å². The van der Waals surface area contributed by atoms with E-state index in [9.17, 15) is 0 Å². The highest BCUT2D eigenvalue weighted by molar-refractivity contribution is 5.39. The van der Waals surface area contributed by atoms with Gasteiger partial charge in [-0.15, -0.1) is 0 Å². The van der Waals surface area contributed by atoms with Crippen LogP contribution in [0.3, 0.4) is 0 Å². The Balaban J connectivity index is 1.51. The largest absolute Gasteiger partial charge is 0.476 e. The zero-order valence-corrected chi connectivity index (χ0v) is 12.5. The maximum atomic E-state index is 5.67. The Hall–Kier alpha value is -2.38. The lowest BCUT2D eigenvalue weighted by Crippen LogP contribution is -2.25. The first-order valence-electron chi connectivity index (χ1n) is 7.64. The minimum atomic E-state index is 0.655. The van der Waals surface area contributed by atoms with Gasteiger partial charge in [0, 0.05) is 30.6 Å². The van der Waals surface area contributed by atoms with Gasteiger partial charge in [-0.2, -0.15) is 0 Å². The van der Waals surface area contributed by atoms with Gasteiger partial charge in [0.15, 0.2) is 0 Å². The molecule has 112 valence electrons. The van der Waals surface area contributed by atoms with Crippen molar-refractivity contribution >= 4 is 0 Å². The number of hydrogen-bond acceptors (Lipinski definition) is 4. The highest BCUT2D eigenvalue weighted by atomic mass is 16.5. The third-order valence-electron chi connectivity index (χ3n) is 3.59. The Morgan fingerprint density at radius 1 is 1.05 bits per heavy atom. The molecule has 22 heavy (non-hydrogen) atoms. The van der Waals surface area contributed by atoms with Crippen LogP contribution < -0.4 is 4.74 Å². The van der Waals surface area contributed by atoms with Gasteiger partial charge in [0.1, 0.15) is 12.3 Å². The van der Waals surface area contributed by atoms with Gasteiger partial charge in [-0.3, -0.25) is 4.90 Å². The van der Waals surface area contributed by atoms with Crippen LogP contribution in [0, 0.1) is 11.8 Å². The first kappa shape index (κ1) is 14.6. The Kier molecular flexibility index (Phi) is 5.01. The molecule has 3 rings (SSSR count). The Bertz CT molecular complexity index is 638. The summed E-state index contributed by atoms with van der Waals surface area (Å²) < 4.78 is 5.67. The fourth-order valence-electron chi connectivity index (χ4n) is 2.40.